The Morgan fingerprint density at radius 3 is 2.52 bits per heavy atom. The molecule has 1 N–H and O–H groups in total. The minimum atomic E-state index is -3.04. The Morgan fingerprint density at radius 2 is 1.84 bits per heavy atom. The van der Waals surface area contributed by atoms with Crippen LogP contribution < -0.4 is 14.8 Å². The maximum atomic E-state index is 12.4. The van der Waals surface area contributed by atoms with E-state index < -0.39 is 24.6 Å². The van der Waals surface area contributed by atoms with E-state index in [9.17, 15) is 18.4 Å². The number of carbonyl (C=O) groups excluding carboxylic acids is 2. The number of nitrogens with one attached hydrogen (secondary N) is 1. The Bertz CT molecular complexity index is 1060. The van der Waals surface area contributed by atoms with Crippen molar-refractivity contribution in [3.8, 4) is 22.8 Å². The maximum Gasteiger partial charge on any atom is 0.387 e. The first-order valence-corrected chi connectivity index (χ1v) is 9.91. The van der Waals surface area contributed by atoms with E-state index in [2.05, 4.69) is 15.0 Å². The lowest BCUT2D eigenvalue weighted by atomic mass is 10.2. The van der Waals surface area contributed by atoms with Gasteiger partial charge in [-0.2, -0.15) is 8.78 Å². The summed E-state index contributed by atoms with van der Waals surface area (Å²) in [5.41, 5.74) is 1.63. The van der Waals surface area contributed by atoms with Crippen LogP contribution in [0.25, 0.3) is 11.3 Å². The summed E-state index contributed by atoms with van der Waals surface area (Å²) in [6.45, 7) is -1.63. The number of amides is 1. The van der Waals surface area contributed by atoms with Crippen molar-refractivity contribution >= 4 is 28.3 Å². The predicted molar refractivity (Wildman–Crippen MR) is 111 cm³/mol. The lowest BCUT2D eigenvalue weighted by Gasteiger charge is -2.14. The summed E-state index contributed by atoms with van der Waals surface area (Å²) in [5, 5.41) is 4.77. The number of ether oxygens (including phenoxy) is 3. The monoisotopic (exact) mass is 448 g/mol. The summed E-state index contributed by atoms with van der Waals surface area (Å²) in [6.07, 6.45) is -1.13. The minimum absolute atomic E-state index is 0.0127. The summed E-state index contributed by atoms with van der Waals surface area (Å²) in [5.74, 6) is -1.68. The molecule has 0 saturated heterocycles. The molecular weight excluding hydrogens is 430 g/mol. The Hall–Kier alpha value is -3.53. The number of aromatic nitrogens is 1. The molecule has 3 rings (SSSR count). The van der Waals surface area contributed by atoms with Crippen LogP contribution in [0.5, 0.6) is 11.5 Å². The second-order valence-corrected chi connectivity index (χ2v) is 7.04. The van der Waals surface area contributed by atoms with Gasteiger partial charge in [0, 0.05) is 10.9 Å². The number of nitrogens with zero attached hydrogens (tertiary/aromatic N) is 1. The third kappa shape index (κ3) is 5.76. The Balaban J connectivity index is 1.62. The third-order valence-corrected chi connectivity index (χ3v) is 4.83. The Kier molecular flexibility index (Phi) is 7.14. The zero-order chi connectivity index (χ0) is 22.4. The van der Waals surface area contributed by atoms with Gasteiger partial charge in [0.05, 0.1) is 18.4 Å². The molecule has 31 heavy (non-hydrogen) atoms. The Morgan fingerprint density at radius 1 is 1.10 bits per heavy atom. The van der Waals surface area contributed by atoms with Crippen LogP contribution in [0.15, 0.2) is 53.9 Å². The first-order valence-electron chi connectivity index (χ1n) is 9.03. The lowest BCUT2D eigenvalue weighted by molar-refractivity contribution is -0.123. The average Bonchev–Trinajstić information content (AvgIpc) is 3.22. The second kappa shape index (κ2) is 9.98. The van der Waals surface area contributed by atoms with Crippen LogP contribution in [-0.4, -0.2) is 36.7 Å². The number of rotatable bonds is 8. The van der Waals surface area contributed by atoms with Gasteiger partial charge in [-0.25, -0.2) is 9.78 Å². The molecule has 3 aromatic rings. The maximum absolute atomic E-state index is 12.4. The number of thiazole rings is 1. The van der Waals surface area contributed by atoms with Crippen LogP contribution in [0.4, 0.5) is 13.9 Å². The number of esters is 1. The topological polar surface area (TPSA) is 86.8 Å². The largest absolute Gasteiger partial charge is 0.493 e. The van der Waals surface area contributed by atoms with Gasteiger partial charge >= 0.3 is 12.6 Å². The lowest BCUT2D eigenvalue weighted by Crippen LogP contribution is -2.30. The fourth-order valence-electron chi connectivity index (χ4n) is 2.55. The molecule has 7 nitrogen and oxygen atoms in total. The van der Waals surface area contributed by atoms with Crippen molar-refractivity contribution in [2.75, 3.05) is 12.4 Å². The first-order chi connectivity index (χ1) is 14.9. The van der Waals surface area contributed by atoms with Crippen LogP contribution in [0.3, 0.4) is 0 Å². The standard InChI is InChI=1S/C21H18F2N2O5S/c1-12(18(26)25-21-24-15(11-31-21)13-6-4-3-5-7-13)29-19(27)14-8-9-16(30-20(22)23)17(10-14)28-2/h3-12,20H,1-2H3,(H,24,25,26)/t12-/m1/s1. The molecule has 0 aliphatic heterocycles. The molecule has 2 aromatic carbocycles. The van der Waals surface area contributed by atoms with Gasteiger partial charge in [0.1, 0.15) is 0 Å². The third-order valence-electron chi connectivity index (χ3n) is 4.07. The molecule has 1 amide bonds. The Labute approximate surface area is 180 Å². The zero-order valence-electron chi connectivity index (χ0n) is 16.5. The molecule has 0 saturated carbocycles. The average molecular weight is 448 g/mol. The van der Waals surface area contributed by atoms with E-state index in [1.807, 2.05) is 30.3 Å². The first kappa shape index (κ1) is 22.2. The van der Waals surface area contributed by atoms with E-state index in [0.29, 0.717) is 10.8 Å². The highest BCUT2D eigenvalue weighted by atomic mass is 32.1. The molecule has 0 unspecified atom stereocenters. The van der Waals surface area contributed by atoms with Crippen molar-refractivity contribution in [1.29, 1.82) is 0 Å². The smallest absolute Gasteiger partial charge is 0.387 e. The number of anilines is 1. The molecule has 10 heteroatoms. The van der Waals surface area contributed by atoms with Crippen LogP contribution >= 0.6 is 11.3 Å². The SMILES string of the molecule is COc1cc(C(=O)O[C@H](C)C(=O)Nc2nc(-c3ccccc3)cs2)ccc1OC(F)F. The van der Waals surface area contributed by atoms with Gasteiger partial charge in [-0.1, -0.05) is 30.3 Å². The molecule has 0 radical (unpaired) electrons. The van der Waals surface area contributed by atoms with Gasteiger partial charge in [0.2, 0.25) is 0 Å². The van der Waals surface area contributed by atoms with E-state index >= 15 is 0 Å². The van der Waals surface area contributed by atoms with Crippen molar-refractivity contribution in [2.45, 2.75) is 19.6 Å². The van der Waals surface area contributed by atoms with Crippen molar-refractivity contribution < 1.29 is 32.6 Å². The van der Waals surface area contributed by atoms with Gasteiger partial charge in [-0.3, -0.25) is 10.1 Å². The van der Waals surface area contributed by atoms with Gasteiger partial charge in [-0.15, -0.1) is 11.3 Å². The number of hydrogen-bond donors (Lipinski definition) is 1. The molecule has 1 aromatic heterocycles. The number of halogens is 2. The van der Waals surface area contributed by atoms with Crippen molar-refractivity contribution in [2.24, 2.45) is 0 Å². The summed E-state index contributed by atoms with van der Waals surface area (Å²) >= 11 is 1.24. The zero-order valence-corrected chi connectivity index (χ0v) is 17.3. The number of methoxy groups -OCH3 is 1. The summed E-state index contributed by atoms with van der Waals surface area (Å²) in [6, 6.07) is 13.0. The van der Waals surface area contributed by atoms with E-state index in [1.54, 1.807) is 5.38 Å². The van der Waals surface area contributed by atoms with Crippen LogP contribution in [0.2, 0.25) is 0 Å². The highest BCUT2D eigenvalue weighted by Gasteiger charge is 2.22. The van der Waals surface area contributed by atoms with Crippen LogP contribution in [-0.2, 0) is 9.53 Å². The van der Waals surface area contributed by atoms with E-state index in [1.165, 1.54) is 37.5 Å². The normalized spacial score (nSPS) is 11.6. The fraction of sp³-hybridized carbons (Fsp3) is 0.190. The van der Waals surface area contributed by atoms with E-state index in [-0.39, 0.29) is 17.1 Å². The van der Waals surface area contributed by atoms with Gasteiger partial charge < -0.3 is 14.2 Å². The van der Waals surface area contributed by atoms with Gasteiger partial charge in [-0.05, 0) is 25.1 Å². The quantitative estimate of drug-likeness (QED) is 0.507. The molecule has 1 atom stereocenters. The molecule has 0 bridgehead atoms. The summed E-state index contributed by atoms with van der Waals surface area (Å²) < 4.78 is 39.3. The second-order valence-electron chi connectivity index (χ2n) is 6.18. The summed E-state index contributed by atoms with van der Waals surface area (Å²) in [7, 11) is 1.25. The van der Waals surface area contributed by atoms with Crippen molar-refractivity contribution in [3.05, 3.63) is 59.5 Å². The number of carbonyl (C=O) groups is 2. The van der Waals surface area contributed by atoms with E-state index in [4.69, 9.17) is 9.47 Å². The molecule has 162 valence electrons. The molecule has 0 fully saturated rings. The molecule has 0 aliphatic carbocycles. The molecule has 0 spiro atoms. The minimum Gasteiger partial charge on any atom is -0.493 e. The van der Waals surface area contributed by atoms with Crippen LogP contribution in [0.1, 0.15) is 17.3 Å². The fourth-order valence-corrected chi connectivity index (χ4v) is 3.27. The highest BCUT2D eigenvalue weighted by Crippen LogP contribution is 2.30. The molecule has 0 aliphatic rings. The van der Waals surface area contributed by atoms with Crippen LogP contribution in [0, 0.1) is 0 Å². The summed E-state index contributed by atoms with van der Waals surface area (Å²) in [4.78, 5) is 29.1. The predicted octanol–water partition coefficient (Wildman–Crippen LogP) is 4.60. The van der Waals surface area contributed by atoms with Gasteiger partial charge in [0.15, 0.2) is 22.7 Å². The van der Waals surface area contributed by atoms with Crippen molar-refractivity contribution in [1.82, 2.24) is 4.98 Å². The number of alkyl halides is 2. The van der Waals surface area contributed by atoms with Gasteiger partial charge in [0.25, 0.3) is 5.91 Å². The molecular formula is C21H18F2N2O5S. The highest BCUT2D eigenvalue weighted by molar-refractivity contribution is 7.14. The molecule has 1 heterocycles. The number of benzene rings is 2. The van der Waals surface area contributed by atoms with Crippen molar-refractivity contribution in [3.63, 3.8) is 0 Å². The number of hydrogen-bond acceptors (Lipinski definition) is 7. The van der Waals surface area contributed by atoms with E-state index in [0.717, 1.165) is 11.6 Å².